The predicted molar refractivity (Wildman–Crippen MR) is 91.4 cm³/mol. The molecule has 4 unspecified atom stereocenters. The maximum Gasteiger partial charge on any atom is 0.162 e. The second-order valence-electron chi connectivity index (χ2n) is 9.08. The molecule has 4 atom stereocenters. The van der Waals surface area contributed by atoms with Gasteiger partial charge in [-0.2, -0.15) is 0 Å². The highest BCUT2D eigenvalue weighted by atomic mass is 16.5. The summed E-state index contributed by atoms with van der Waals surface area (Å²) in [5.74, 6) is 0.486. The van der Waals surface area contributed by atoms with Crippen LogP contribution in [-0.4, -0.2) is 28.0 Å². The summed E-state index contributed by atoms with van der Waals surface area (Å²) in [4.78, 5) is 0. The summed E-state index contributed by atoms with van der Waals surface area (Å²) in [5, 5.41) is 32.0. The minimum absolute atomic E-state index is 0.00212. The van der Waals surface area contributed by atoms with Crippen molar-refractivity contribution in [2.24, 2.45) is 11.3 Å². The van der Waals surface area contributed by atoms with E-state index in [1.807, 2.05) is 19.9 Å². The molecule has 1 spiro atoms. The van der Waals surface area contributed by atoms with E-state index in [4.69, 9.17) is 4.74 Å². The minimum atomic E-state index is -0.409. The number of phenolic OH excluding ortho intramolecular Hbond substituents is 2. The van der Waals surface area contributed by atoms with Crippen molar-refractivity contribution in [2.45, 2.75) is 70.5 Å². The van der Waals surface area contributed by atoms with Gasteiger partial charge in [-0.3, -0.25) is 0 Å². The summed E-state index contributed by atoms with van der Waals surface area (Å²) in [6, 6.07) is 2.02. The summed E-state index contributed by atoms with van der Waals surface area (Å²) in [5.41, 5.74) is 2.20. The zero-order chi connectivity index (χ0) is 17.4. The molecule has 2 aliphatic carbocycles. The van der Waals surface area contributed by atoms with Gasteiger partial charge in [0, 0.05) is 16.5 Å². The third kappa shape index (κ3) is 1.93. The van der Waals surface area contributed by atoms with Gasteiger partial charge in [-0.05, 0) is 48.1 Å². The summed E-state index contributed by atoms with van der Waals surface area (Å²) in [6.07, 6.45) is 1.86. The fraction of sp³-hybridized carbons (Fsp3) is 0.700. The number of aromatic hydroxyl groups is 2. The predicted octanol–water partition coefficient (Wildman–Crippen LogP) is 3.73. The number of hydrogen-bond acceptors (Lipinski definition) is 4. The Morgan fingerprint density at radius 3 is 2.54 bits per heavy atom. The van der Waals surface area contributed by atoms with Crippen LogP contribution in [0, 0.1) is 11.3 Å². The largest absolute Gasteiger partial charge is 0.504 e. The van der Waals surface area contributed by atoms with Gasteiger partial charge in [0.05, 0.1) is 18.8 Å². The highest BCUT2D eigenvalue weighted by Gasteiger charge is 2.61. The lowest BCUT2D eigenvalue weighted by Gasteiger charge is -2.61. The average molecular weight is 332 g/mol. The van der Waals surface area contributed by atoms with Gasteiger partial charge in [0.1, 0.15) is 0 Å². The fourth-order valence-corrected chi connectivity index (χ4v) is 5.85. The molecule has 5 rings (SSSR count). The maximum absolute atomic E-state index is 10.9. The molecular weight excluding hydrogens is 304 g/mol. The molecule has 0 amide bonds. The number of aliphatic hydroxyl groups excluding tert-OH is 1. The van der Waals surface area contributed by atoms with Crippen LogP contribution in [0.3, 0.4) is 0 Å². The van der Waals surface area contributed by atoms with Crippen molar-refractivity contribution in [1.29, 1.82) is 0 Å². The van der Waals surface area contributed by atoms with E-state index in [2.05, 4.69) is 13.8 Å². The average Bonchev–Trinajstić information content (AvgIpc) is 2.48. The lowest BCUT2D eigenvalue weighted by Crippen LogP contribution is -2.59. The smallest absolute Gasteiger partial charge is 0.162 e. The Morgan fingerprint density at radius 1 is 1.17 bits per heavy atom. The summed E-state index contributed by atoms with van der Waals surface area (Å²) in [6.45, 7) is 8.96. The first-order valence-corrected chi connectivity index (χ1v) is 9.06. The normalized spacial score (nSPS) is 36.5. The van der Waals surface area contributed by atoms with E-state index in [0.717, 1.165) is 29.5 Å². The van der Waals surface area contributed by atoms with Crippen LogP contribution in [0.4, 0.5) is 0 Å². The first-order chi connectivity index (χ1) is 11.2. The molecule has 1 saturated heterocycles. The van der Waals surface area contributed by atoms with Crippen molar-refractivity contribution >= 4 is 0 Å². The van der Waals surface area contributed by atoms with E-state index in [1.165, 1.54) is 0 Å². The second kappa shape index (κ2) is 4.89. The maximum atomic E-state index is 10.9. The molecule has 24 heavy (non-hydrogen) atoms. The number of fused-ring (bicyclic) bond motifs is 1. The molecule has 2 heterocycles. The number of phenols is 2. The summed E-state index contributed by atoms with van der Waals surface area (Å²) >= 11 is 0. The van der Waals surface area contributed by atoms with Crippen molar-refractivity contribution in [3.05, 3.63) is 22.8 Å². The Bertz CT molecular complexity index is 693. The highest BCUT2D eigenvalue weighted by Crippen LogP contribution is 2.65. The number of hydrogen-bond donors (Lipinski definition) is 3. The van der Waals surface area contributed by atoms with Gasteiger partial charge < -0.3 is 20.1 Å². The van der Waals surface area contributed by atoms with Crippen LogP contribution in [0.1, 0.15) is 75.7 Å². The van der Waals surface area contributed by atoms with Crippen LogP contribution in [-0.2, 0) is 10.2 Å². The topological polar surface area (TPSA) is 69.9 Å². The molecule has 3 N–H and O–H groups in total. The molecule has 4 nitrogen and oxygen atoms in total. The lowest BCUT2D eigenvalue weighted by atomic mass is 9.47. The van der Waals surface area contributed by atoms with E-state index < -0.39 is 11.5 Å². The van der Waals surface area contributed by atoms with Gasteiger partial charge in [-0.1, -0.05) is 27.7 Å². The van der Waals surface area contributed by atoms with Gasteiger partial charge in [-0.15, -0.1) is 0 Å². The molecule has 4 aliphatic rings. The zero-order valence-electron chi connectivity index (χ0n) is 15.0. The van der Waals surface area contributed by atoms with E-state index in [1.54, 1.807) is 0 Å². The third-order valence-corrected chi connectivity index (χ3v) is 6.76. The van der Waals surface area contributed by atoms with Crippen molar-refractivity contribution in [3.63, 3.8) is 0 Å². The van der Waals surface area contributed by atoms with Crippen molar-refractivity contribution < 1.29 is 20.1 Å². The van der Waals surface area contributed by atoms with E-state index in [-0.39, 0.29) is 28.9 Å². The van der Waals surface area contributed by atoms with Crippen molar-refractivity contribution in [1.82, 2.24) is 0 Å². The van der Waals surface area contributed by atoms with Crippen LogP contribution in [0.5, 0.6) is 11.5 Å². The molecule has 0 aromatic heterocycles. The van der Waals surface area contributed by atoms with Crippen LogP contribution >= 0.6 is 0 Å². The number of aliphatic hydroxyl groups is 1. The third-order valence-electron chi connectivity index (χ3n) is 6.76. The summed E-state index contributed by atoms with van der Waals surface area (Å²) in [7, 11) is 0. The van der Waals surface area contributed by atoms with Gasteiger partial charge in [-0.25, -0.2) is 0 Å². The molecule has 2 fully saturated rings. The van der Waals surface area contributed by atoms with Gasteiger partial charge in [0.15, 0.2) is 11.5 Å². The Labute approximate surface area is 143 Å². The number of ether oxygens (including phenoxy) is 1. The standard InChI is InChI=1S/C20H28O4/c1-10(2)12-5-13-14-6-15-19(3,4)7-11(21)8-20(15,9-24-14)16(13)18(23)17(12)22/h5,10-11,14-15,21-23H,6-9H2,1-4H3. The second-order valence-corrected chi connectivity index (χ2v) is 9.08. The van der Waals surface area contributed by atoms with E-state index in [9.17, 15) is 15.3 Å². The highest BCUT2D eigenvalue weighted by molar-refractivity contribution is 5.61. The first-order valence-electron chi connectivity index (χ1n) is 9.06. The quantitative estimate of drug-likeness (QED) is 0.685. The van der Waals surface area contributed by atoms with Gasteiger partial charge in [0.25, 0.3) is 0 Å². The zero-order valence-corrected chi connectivity index (χ0v) is 15.0. The van der Waals surface area contributed by atoms with Crippen LogP contribution < -0.4 is 0 Å². The minimum Gasteiger partial charge on any atom is -0.504 e. The molecule has 1 saturated carbocycles. The van der Waals surface area contributed by atoms with Crippen LogP contribution in [0.2, 0.25) is 0 Å². The van der Waals surface area contributed by atoms with Crippen LogP contribution in [0.25, 0.3) is 0 Å². The lowest BCUT2D eigenvalue weighted by molar-refractivity contribution is -0.159. The fourth-order valence-electron chi connectivity index (χ4n) is 5.85. The number of benzene rings is 1. The molecule has 2 aliphatic heterocycles. The molecule has 4 heteroatoms. The molecule has 1 aromatic rings. The molecule has 1 aromatic carbocycles. The molecule has 132 valence electrons. The Morgan fingerprint density at radius 2 is 1.88 bits per heavy atom. The van der Waals surface area contributed by atoms with Crippen molar-refractivity contribution in [2.75, 3.05) is 6.61 Å². The monoisotopic (exact) mass is 332 g/mol. The summed E-state index contributed by atoms with van der Waals surface area (Å²) < 4.78 is 6.13. The Kier molecular flexibility index (Phi) is 3.30. The Hall–Kier alpha value is -1.26. The SMILES string of the molecule is CC(C)c1cc2c(c(O)c1O)C13COC2CC1C(C)(C)CC(O)C3. The number of rotatable bonds is 1. The molecule has 2 bridgehead atoms. The van der Waals surface area contributed by atoms with E-state index in [0.29, 0.717) is 18.9 Å². The molecule has 0 radical (unpaired) electrons. The molecular formula is C20H28O4. The van der Waals surface area contributed by atoms with Gasteiger partial charge in [0.2, 0.25) is 0 Å². The van der Waals surface area contributed by atoms with Crippen molar-refractivity contribution in [3.8, 4) is 11.5 Å². The van der Waals surface area contributed by atoms with Crippen LogP contribution in [0.15, 0.2) is 6.07 Å². The van der Waals surface area contributed by atoms with E-state index >= 15 is 0 Å². The van der Waals surface area contributed by atoms with Gasteiger partial charge >= 0.3 is 0 Å². The first kappa shape index (κ1) is 16.2. The Balaban J connectivity index is 1.97.